The van der Waals surface area contributed by atoms with Gasteiger partial charge in [0.25, 0.3) is 5.91 Å². The van der Waals surface area contributed by atoms with E-state index in [2.05, 4.69) is 15.5 Å². The van der Waals surface area contributed by atoms with Crippen LogP contribution in [-0.4, -0.2) is 35.9 Å². The predicted molar refractivity (Wildman–Crippen MR) is 111 cm³/mol. The molecule has 10 heteroatoms. The Morgan fingerprint density at radius 2 is 1.78 bits per heavy atom. The number of benzene rings is 2. The molecular weight excluding hydrogens is 427 g/mol. The van der Waals surface area contributed by atoms with Crippen molar-refractivity contribution in [1.82, 2.24) is 4.98 Å². The van der Waals surface area contributed by atoms with Crippen molar-refractivity contribution in [3.8, 4) is 11.5 Å². The topological polar surface area (TPSA) is 93.0 Å². The molecule has 0 bridgehead atoms. The van der Waals surface area contributed by atoms with Gasteiger partial charge in [0.05, 0.1) is 12.7 Å². The molecule has 0 saturated carbocycles. The van der Waals surface area contributed by atoms with Crippen LogP contribution in [0, 0.1) is 0 Å². The van der Waals surface area contributed by atoms with E-state index in [-0.39, 0.29) is 22.7 Å². The molecule has 3 rings (SSSR count). The summed E-state index contributed by atoms with van der Waals surface area (Å²) in [6.45, 7) is 0. The maximum absolute atomic E-state index is 13.1. The summed E-state index contributed by atoms with van der Waals surface area (Å²) in [7, 11) is 2.63. The van der Waals surface area contributed by atoms with Gasteiger partial charge in [-0.2, -0.15) is 13.2 Å². The van der Waals surface area contributed by atoms with Crippen LogP contribution in [0.15, 0.2) is 65.9 Å². The van der Waals surface area contributed by atoms with Gasteiger partial charge in [-0.25, -0.2) is 4.98 Å². The molecule has 166 valence electrons. The van der Waals surface area contributed by atoms with E-state index in [1.54, 1.807) is 12.1 Å². The van der Waals surface area contributed by atoms with E-state index in [9.17, 15) is 23.1 Å². The second-order valence-corrected chi connectivity index (χ2v) is 6.44. The van der Waals surface area contributed by atoms with Crippen LogP contribution in [0.2, 0.25) is 0 Å². The second kappa shape index (κ2) is 9.38. The van der Waals surface area contributed by atoms with E-state index in [0.717, 1.165) is 12.1 Å². The van der Waals surface area contributed by atoms with Gasteiger partial charge in [-0.15, -0.1) is 0 Å². The normalized spacial score (nSPS) is 11.7. The van der Waals surface area contributed by atoms with Gasteiger partial charge in [0.2, 0.25) is 0 Å². The van der Waals surface area contributed by atoms with Crippen LogP contribution < -0.4 is 10.1 Å². The number of alkyl halides is 3. The third-order valence-electron chi connectivity index (χ3n) is 4.38. The Hall–Kier alpha value is -4.08. The predicted octanol–water partition coefficient (Wildman–Crippen LogP) is 4.47. The first-order valence-electron chi connectivity index (χ1n) is 9.17. The molecule has 2 N–H and O–H groups in total. The number of rotatable bonds is 6. The molecule has 3 aromatic rings. The monoisotopic (exact) mass is 445 g/mol. The molecule has 32 heavy (non-hydrogen) atoms. The van der Waals surface area contributed by atoms with Crippen LogP contribution in [0.3, 0.4) is 0 Å². The van der Waals surface area contributed by atoms with Gasteiger partial charge in [0.1, 0.15) is 12.8 Å². The Bertz CT molecular complexity index is 1150. The molecule has 0 aliphatic heterocycles. The molecule has 0 saturated heterocycles. The number of hydrogen-bond acceptors (Lipinski definition) is 6. The van der Waals surface area contributed by atoms with Crippen LogP contribution >= 0.6 is 0 Å². The van der Waals surface area contributed by atoms with E-state index in [1.807, 2.05) is 0 Å². The van der Waals surface area contributed by atoms with Crippen LogP contribution in [0.4, 0.5) is 18.9 Å². The molecule has 7 nitrogen and oxygen atoms in total. The van der Waals surface area contributed by atoms with E-state index < -0.39 is 23.4 Å². The average molecular weight is 445 g/mol. The zero-order chi connectivity index (χ0) is 23.3. The Labute approximate surface area is 181 Å². The lowest BCUT2D eigenvalue weighted by atomic mass is 10.00. The van der Waals surface area contributed by atoms with Gasteiger partial charge in [0, 0.05) is 29.1 Å². The Morgan fingerprint density at radius 1 is 1.06 bits per heavy atom. The van der Waals surface area contributed by atoms with Gasteiger partial charge in [-0.05, 0) is 24.3 Å². The molecule has 2 aromatic carbocycles. The number of ether oxygens (including phenoxy) is 1. The fraction of sp³-hybridized carbons (Fsp3) is 0.136. The van der Waals surface area contributed by atoms with Crippen molar-refractivity contribution in [3.05, 3.63) is 83.2 Å². The van der Waals surface area contributed by atoms with Crippen LogP contribution in [0.5, 0.6) is 11.5 Å². The minimum Gasteiger partial charge on any atom is -0.503 e. The Kier molecular flexibility index (Phi) is 6.62. The first kappa shape index (κ1) is 22.6. The largest absolute Gasteiger partial charge is 0.503 e. The SMILES string of the molecule is CON=C(c1ccc(NC(=O)c2nccc(OC)c2O)cc1)c1cccc(C(F)(F)F)c1. The molecule has 0 atom stereocenters. The highest BCUT2D eigenvalue weighted by molar-refractivity contribution is 6.13. The maximum Gasteiger partial charge on any atom is 0.416 e. The van der Waals surface area contributed by atoms with Crippen LogP contribution in [0.1, 0.15) is 27.2 Å². The first-order valence-corrected chi connectivity index (χ1v) is 9.17. The fourth-order valence-corrected chi connectivity index (χ4v) is 2.88. The number of hydrogen-bond donors (Lipinski definition) is 2. The highest BCUT2D eigenvalue weighted by Crippen LogP contribution is 2.31. The van der Waals surface area contributed by atoms with Crippen LogP contribution in [-0.2, 0) is 11.0 Å². The van der Waals surface area contributed by atoms with Crippen molar-refractivity contribution in [2.24, 2.45) is 5.16 Å². The van der Waals surface area contributed by atoms with Gasteiger partial charge in [0.15, 0.2) is 17.2 Å². The lowest BCUT2D eigenvalue weighted by Gasteiger charge is -2.12. The summed E-state index contributed by atoms with van der Waals surface area (Å²) >= 11 is 0. The van der Waals surface area contributed by atoms with Crippen molar-refractivity contribution in [2.75, 3.05) is 19.5 Å². The molecule has 0 unspecified atom stereocenters. The lowest BCUT2D eigenvalue weighted by Crippen LogP contribution is -2.14. The second-order valence-electron chi connectivity index (χ2n) is 6.44. The van der Waals surface area contributed by atoms with Gasteiger partial charge in [-0.1, -0.05) is 29.4 Å². The van der Waals surface area contributed by atoms with E-state index in [4.69, 9.17) is 9.57 Å². The highest BCUT2D eigenvalue weighted by Gasteiger charge is 2.30. The molecular formula is C22H18F3N3O4. The number of nitrogens with zero attached hydrogens (tertiary/aromatic N) is 2. The fourth-order valence-electron chi connectivity index (χ4n) is 2.88. The number of nitrogens with one attached hydrogen (secondary N) is 1. The van der Waals surface area contributed by atoms with Crippen LogP contribution in [0.25, 0.3) is 0 Å². The zero-order valence-electron chi connectivity index (χ0n) is 17.0. The summed E-state index contributed by atoms with van der Waals surface area (Å²) in [5.74, 6) is -0.969. The summed E-state index contributed by atoms with van der Waals surface area (Å²) in [5, 5.41) is 16.5. The maximum atomic E-state index is 13.1. The summed E-state index contributed by atoms with van der Waals surface area (Å²) in [6, 6.07) is 12.3. The van der Waals surface area contributed by atoms with E-state index >= 15 is 0 Å². The molecule has 0 aliphatic carbocycles. The lowest BCUT2D eigenvalue weighted by molar-refractivity contribution is -0.137. The number of methoxy groups -OCH3 is 1. The third-order valence-corrected chi connectivity index (χ3v) is 4.38. The minimum absolute atomic E-state index is 0.0991. The standard InChI is InChI=1S/C22H18F3N3O4/c1-31-17-10-11-26-19(20(17)29)21(30)27-16-8-6-13(7-9-16)18(28-32-2)14-4-3-5-15(12-14)22(23,24)25/h3-12,29H,1-2H3,(H,27,30). The Morgan fingerprint density at radius 3 is 2.41 bits per heavy atom. The summed E-state index contributed by atoms with van der Waals surface area (Å²) in [5.41, 5.74) is 0.190. The highest BCUT2D eigenvalue weighted by atomic mass is 19.4. The van der Waals surface area contributed by atoms with E-state index in [0.29, 0.717) is 11.3 Å². The molecule has 1 aromatic heterocycles. The number of anilines is 1. The zero-order valence-corrected chi connectivity index (χ0v) is 17.0. The number of halogens is 3. The van der Waals surface area contributed by atoms with E-state index in [1.165, 1.54) is 50.7 Å². The third kappa shape index (κ3) is 4.97. The smallest absolute Gasteiger partial charge is 0.416 e. The quantitative estimate of drug-likeness (QED) is 0.432. The van der Waals surface area contributed by atoms with Crippen molar-refractivity contribution >= 4 is 17.3 Å². The van der Waals surface area contributed by atoms with Gasteiger partial charge in [-0.3, -0.25) is 4.79 Å². The molecule has 0 spiro atoms. The summed E-state index contributed by atoms with van der Waals surface area (Å²) in [4.78, 5) is 21.1. The summed E-state index contributed by atoms with van der Waals surface area (Å²) in [6.07, 6.45) is -3.18. The number of oxime groups is 1. The molecule has 1 amide bonds. The number of carbonyl (C=O) groups is 1. The van der Waals surface area contributed by atoms with Gasteiger partial charge >= 0.3 is 6.18 Å². The number of aromatic hydroxyl groups is 1. The number of amides is 1. The summed E-state index contributed by atoms with van der Waals surface area (Å²) < 4.78 is 44.2. The van der Waals surface area contributed by atoms with Crippen molar-refractivity contribution in [1.29, 1.82) is 0 Å². The number of carbonyl (C=O) groups excluding carboxylic acids is 1. The minimum atomic E-state index is -4.50. The van der Waals surface area contributed by atoms with Crippen molar-refractivity contribution in [3.63, 3.8) is 0 Å². The molecule has 0 aliphatic rings. The molecule has 0 fully saturated rings. The van der Waals surface area contributed by atoms with Gasteiger partial charge < -0.3 is 20.0 Å². The van der Waals surface area contributed by atoms with Crippen molar-refractivity contribution < 1.29 is 32.6 Å². The number of aromatic nitrogens is 1. The Balaban J connectivity index is 1.85. The first-order chi connectivity index (χ1) is 15.2. The average Bonchev–Trinajstić information content (AvgIpc) is 2.78. The molecule has 1 heterocycles. The molecule has 0 radical (unpaired) electrons. The van der Waals surface area contributed by atoms with Crippen molar-refractivity contribution in [2.45, 2.75) is 6.18 Å². The number of pyridine rings is 1.